The third-order valence-corrected chi connectivity index (χ3v) is 7.77. The van der Waals surface area contributed by atoms with Crippen LogP contribution in [0.3, 0.4) is 0 Å². The Morgan fingerprint density at radius 3 is 2.25 bits per heavy atom. The van der Waals surface area contributed by atoms with E-state index < -0.39 is 0 Å². The Labute approximate surface area is 258 Å². The van der Waals surface area contributed by atoms with E-state index in [2.05, 4.69) is 51.6 Å². The Kier molecular flexibility index (Phi) is 8.54. The van der Waals surface area contributed by atoms with E-state index in [1.807, 2.05) is 81.6 Å². The molecule has 4 aromatic carbocycles. The maximum Gasteiger partial charge on any atom is 0.251 e. The molecule has 1 aromatic heterocycles. The number of aromatic amines is 1. The van der Waals surface area contributed by atoms with Crippen molar-refractivity contribution < 1.29 is 9.53 Å². The average molecular weight is 587 g/mol. The molecule has 8 heteroatoms. The molecule has 6 rings (SSSR count). The zero-order valence-corrected chi connectivity index (χ0v) is 25.7. The van der Waals surface area contributed by atoms with Crippen LogP contribution in [0.2, 0.25) is 0 Å². The second kappa shape index (κ2) is 12.8. The summed E-state index contributed by atoms with van der Waals surface area (Å²) in [6.45, 7) is 2.95. The summed E-state index contributed by atoms with van der Waals surface area (Å²) >= 11 is 0. The highest BCUT2D eigenvalue weighted by Gasteiger charge is 2.18. The maximum atomic E-state index is 12.5. The van der Waals surface area contributed by atoms with Crippen molar-refractivity contribution in [3.8, 4) is 28.3 Å². The Balaban J connectivity index is 1.15. The van der Waals surface area contributed by atoms with E-state index >= 15 is 0 Å². The summed E-state index contributed by atoms with van der Waals surface area (Å²) in [7, 11) is 8.05. The van der Waals surface area contributed by atoms with Crippen LogP contribution < -0.4 is 10.1 Å². The first-order valence-electron chi connectivity index (χ1n) is 14.9. The Morgan fingerprint density at radius 1 is 0.818 bits per heavy atom. The van der Waals surface area contributed by atoms with Gasteiger partial charge in [-0.25, -0.2) is 4.98 Å². The summed E-state index contributed by atoms with van der Waals surface area (Å²) in [5.41, 5.74) is 10.0. The lowest BCUT2D eigenvalue weighted by Gasteiger charge is -2.11. The summed E-state index contributed by atoms with van der Waals surface area (Å²) < 4.78 is 5.83. The number of carbonyl (C=O) groups is 1. The molecule has 1 amide bonds. The third kappa shape index (κ3) is 6.72. The fourth-order valence-corrected chi connectivity index (χ4v) is 5.22. The fraction of sp³-hybridized carbons (Fsp3) is 0.250. The first-order chi connectivity index (χ1) is 21.3. The Bertz CT molecular complexity index is 1800. The van der Waals surface area contributed by atoms with Gasteiger partial charge in [0.2, 0.25) is 0 Å². The lowest BCUT2D eigenvalue weighted by molar-refractivity contribution is 0.0951. The van der Waals surface area contributed by atoms with Crippen molar-refractivity contribution >= 4 is 28.3 Å². The highest BCUT2D eigenvalue weighted by atomic mass is 16.5. The van der Waals surface area contributed by atoms with Gasteiger partial charge < -0.3 is 24.8 Å². The van der Waals surface area contributed by atoms with E-state index in [1.54, 1.807) is 0 Å². The van der Waals surface area contributed by atoms with Gasteiger partial charge in [-0.2, -0.15) is 0 Å². The number of nitrogens with zero attached hydrogens (tertiary/aromatic N) is 4. The molecule has 0 fully saturated rings. The van der Waals surface area contributed by atoms with Gasteiger partial charge in [0.1, 0.15) is 18.2 Å². The number of ether oxygens (including phenoxy) is 1. The van der Waals surface area contributed by atoms with Crippen LogP contribution in [-0.4, -0.2) is 85.8 Å². The molecule has 1 aliphatic rings. The van der Waals surface area contributed by atoms with Crippen molar-refractivity contribution in [2.75, 3.05) is 54.4 Å². The second-order valence-corrected chi connectivity index (χ2v) is 11.7. The van der Waals surface area contributed by atoms with Crippen LogP contribution >= 0.6 is 0 Å². The third-order valence-electron chi connectivity index (χ3n) is 7.77. The molecule has 2 heterocycles. The largest absolute Gasteiger partial charge is 0.492 e. The van der Waals surface area contributed by atoms with Crippen LogP contribution in [0.4, 0.5) is 5.69 Å². The van der Waals surface area contributed by atoms with Crippen molar-refractivity contribution in [3.05, 3.63) is 102 Å². The smallest absolute Gasteiger partial charge is 0.251 e. The van der Waals surface area contributed by atoms with Gasteiger partial charge in [0.15, 0.2) is 0 Å². The normalized spacial score (nSPS) is 12.5. The van der Waals surface area contributed by atoms with Crippen molar-refractivity contribution in [2.24, 2.45) is 4.99 Å². The number of likely N-dealkylation sites (N-methyl/N-ethyl adjacent to an activating group) is 2. The number of aromatic nitrogens is 2. The molecular weight excluding hydrogens is 548 g/mol. The summed E-state index contributed by atoms with van der Waals surface area (Å²) in [6.07, 6.45) is 0.770. The Hall–Kier alpha value is -4.79. The number of amides is 1. The van der Waals surface area contributed by atoms with Crippen LogP contribution in [0.25, 0.3) is 33.5 Å². The van der Waals surface area contributed by atoms with E-state index in [4.69, 9.17) is 14.7 Å². The molecular formula is C36H38N6O2. The topological polar surface area (TPSA) is 85.8 Å². The predicted molar refractivity (Wildman–Crippen MR) is 178 cm³/mol. The first kappa shape index (κ1) is 29.3. The van der Waals surface area contributed by atoms with Crippen LogP contribution in [0.1, 0.15) is 21.5 Å². The number of carbonyl (C=O) groups excluding carboxylic acids is 1. The first-order valence-corrected chi connectivity index (χ1v) is 14.9. The van der Waals surface area contributed by atoms with Crippen LogP contribution in [-0.2, 0) is 6.42 Å². The quantitative estimate of drug-likeness (QED) is 0.204. The number of fused-ring (bicyclic) bond motifs is 2. The van der Waals surface area contributed by atoms with Crippen LogP contribution in [0, 0.1) is 0 Å². The Morgan fingerprint density at radius 2 is 1.50 bits per heavy atom. The van der Waals surface area contributed by atoms with Gasteiger partial charge in [0, 0.05) is 37.2 Å². The van der Waals surface area contributed by atoms with Gasteiger partial charge in [-0.15, -0.1) is 0 Å². The number of aliphatic imine (C=N–C) groups is 1. The van der Waals surface area contributed by atoms with Crippen LogP contribution in [0.15, 0.2) is 89.9 Å². The van der Waals surface area contributed by atoms with Gasteiger partial charge in [-0.1, -0.05) is 30.3 Å². The minimum absolute atomic E-state index is 0.0558. The number of benzene rings is 4. The van der Waals surface area contributed by atoms with Crippen molar-refractivity contribution in [3.63, 3.8) is 0 Å². The molecule has 0 unspecified atom stereocenters. The number of nitrogens with one attached hydrogen (secondary N) is 2. The second-order valence-electron chi connectivity index (χ2n) is 11.7. The molecule has 224 valence electrons. The minimum Gasteiger partial charge on any atom is -0.492 e. The summed E-state index contributed by atoms with van der Waals surface area (Å²) in [5.74, 6) is 1.63. The standard InChI is InChI=1S/C36H38N6O2/c1-41(2)18-17-37-36(43)26-7-5-24(6-8-26)32-23-29-10-9-27(21-33(29)38-32)28-13-16-31-34(22-28)40-35(39-31)25-11-14-30(15-12-25)44-20-19-42(3)4/h5-16,21-22H,17-20,23H2,1-4H3,(H,37,43)(H,39,40). The fourth-order valence-electron chi connectivity index (χ4n) is 5.22. The van der Waals surface area contributed by atoms with E-state index in [9.17, 15) is 4.79 Å². The van der Waals surface area contributed by atoms with Crippen molar-refractivity contribution in [1.29, 1.82) is 0 Å². The van der Waals surface area contributed by atoms with E-state index in [0.717, 1.165) is 75.8 Å². The lowest BCUT2D eigenvalue weighted by Crippen LogP contribution is -2.31. The zero-order valence-electron chi connectivity index (χ0n) is 25.7. The lowest BCUT2D eigenvalue weighted by atomic mass is 9.99. The van der Waals surface area contributed by atoms with Gasteiger partial charge >= 0.3 is 0 Å². The van der Waals surface area contributed by atoms with Crippen LogP contribution in [0.5, 0.6) is 5.75 Å². The average Bonchev–Trinajstić information content (AvgIpc) is 3.65. The van der Waals surface area contributed by atoms with Gasteiger partial charge in [0.25, 0.3) is 5.91 Å². The van der Waals surface area contributed by atoms with E-state index in [1.165, 1.54) is 5.56 Å². The van der Waals surface area contributed by atoms with E-state index in [0.29, 0.717) is 18.7 Å². The molecule has 44 heavy (non-hydrogen) atoms. The number of hydrogen-bond donors (Lipinski definition) is 2. The van der Waals surface area contributed by atoms with Gasteiger partial charge in [-0.05, 0) is 105 Å². The summed E-state index contributed by atoms with van der Waals surface area (Å²) in [4.78, 5) is 29.9. The number of rotatable bonds is 11. The molecule has 0 bridgehead atoms. The zero-order chi connectivity index (χ0) is 30.6. The molecule has 0 spiro atoms. The predicted octanol–water partition coefficient (Wildman–Crippen LogP) is 5.81. The van der Waals surface area contributed by atoms with E-state index in [-0.39, 0.29) is 5.91 Å². The maximum absolute atomic E-state index is 12.5. The molecule has 0 aliphatic carbocycles. The molecule has 0 saturated heterocycles. The van der Waals surface area contributed by atoms with Crippen molar-refractivity contribution in [2.45, 2.75) is 6.42 Å². The summed E-state index contributed by atoms with van der Waals surface area (Å²) in [6, 6.07) is 28.6. The molecule has 0 radical (unpaired) electrons. The highest BCUT2D eigenvalue weighted by molar-refractivity contribution is 6.07. The number of hydrogen-bond acceptors (Lipinski definition) is 6. The van der Waals surface area contributed by atoms with Gasteiger partial charge in [0.05, 0.1) is 22.4 Å². The molecule has 5 aromatic rings. The number of imidazole rings is 1. The van der Waals surface area contributed by atoms with Crippen molar-refractivity contribution in [1.82, 2.24) is 25.1 Å². The molecule has 0 saturated carbocycles. The summed E-state index contributed by atoms with van der Waals surface area (Å²) in [5, 5.41) is 2.96. The van der Waals surface area contributed by atoms with Gasteiger partial charge in [-0.3, -0.25) is 9.79 Å². The molecule has 8 nitrogen and oxygen atoms in total. The highest BCUT2D eigenvalue weighted by Crippen LogP contribution is 2.34. The molecule has 2 N–H and O–H groups in total. The number of H-pyrrole nitrogens is 1. The molecule has 0 atom stereocenters. The monoisotopic (exact) mass is 586 g/mol. The minimum atomic E-state index is -0.0558. The molecule has 1 aliphatic heterocycles. The SMILES string of the molecule is CN(C)CCNC(=O)c1ccc(C2=Nc3cc(-c4ccc5nc(-c6ccc(OCCN(C)C)cc6)[nH]c5c4)ccc3C2)cc1.